The second-order valence-electron chi connectivity index (χ2n) is 3.88. The lowest BCUT2D eigenvalue weighted by atomic mass is 10.2. The van der Waals surface area contributed by atoms with Crippen molar-refractivity contribution in [3.8, 4) is 0 Å². The maximum atomic E-state index is 6.00. The van der Waals surface area contributed by atoms with E-state index in [4.69, 9.17) is 16.3 Å². The van der Waals surface area contributed by atoms with Gasteiger partial charge in [0.25, 0.3) is 0 Å². The summed E-state index contributed by atoms with van der Waals surface area (Å²) in [5, 5.41) is 1.21. The van der Waals surface area contributed by atoms with Crippen LogP contribution in [0.5, 0.6) is 0 Å². The van der Waals surface area contributed by atoms with Gasteiger partial charge in [0.05, 0.1) is 12.7 Å². The van der Waals surface area contributed by atoms with E-state index in [2.05, 4.69) is 21.8 Å². The van der Waals surface area contributed by atoms with E-state index in [0.29, 0.717) is 10.3 Å². The first kappa shape index (κ1) is 12.9. The second kappa shape index (κ2) is 5.89. The van der Waals surface area contributed by atoms with E-state index in [-0.39, 0.29) is 6.10 Å². The van der Waals surface area contributed by atoms with Crippen LogP contribution in [0.2, 0.25) is 5.15 Å². The van der Waals surface area contributed by atoms with Crippen LogP contribution in [0.3, 0.4) is 0 Å². The Morgan fingerprint density at radius 3 is 3.12 bits per heavy atom. The molecule has 1 unspecified atom stereocenters. The first-order valence-corrected chi connectivity index (χ1v) is 7.28. The average Bonchev–Trinajstić information content (AvgIpc) is 2.38. The molecule has 1 saturated heterocycles. The lowest BCUT2D eigenvalue weighted by molar-refractivity contribution is 0.0381. The molecule has 17 heavy (non-hydrogen) atoms. The summed E-state index contributed by atoms with van der Waals surface area (Å²) in [4.78, 5) is 10.8. The van der Waals surface area contributed by atoms with Crippen LogP contribution in [0.25, 0.3) is 0 Å². The fraction of sp³-hybridized carbons (Fsp3) is 0.636. The van der Waals surface area contributed by atoms with Gasteiger partial charge in [0, 0.05) is 19.2 Å². The summed E-state index contributed by atoms with van der Waals surface area (Å²) in [6, 6.07) is 1.82. The number of hydrogen-bond acceptors (Lipinski definition) is 5. The third kappa shape index (κ3) is 3.24. The van der Waals surface area contributed by atoms with Crippen LogP contribution in [-0.2, 0) is 4.74 Å². The van der Waals surface area contributed by atoms with E-state index in [1.807, 2.05) is 12.3 Å². The van der Waals surface area contributed by atoms with E-state index in [1.165, 1.54) is 11.8 Å². The van der Waals surface area contributed by atoms with Crippen molar-refractivity contribution >= 4 is 29.2 Å². The van der Waals surface area contributed by atoms with Gasteiger partial charge >= 0.3 is 0 Å². The zero-order valence-electron chi connectivity index (χ0n) is 10.0. The quantitative estimate of drug-likeness (QED) is 0.481. The number of ether oxygens (including phenoxy) is 1. The summed E-state index contributed by atoms with van der Waals surface area (Å²) in [5.74, 6) is 0.899. The highest BCUT2D eigenvalue weighted by atomic mass is 35.5. The Morgan fingerprint density at radius 2 is 2.41 bits per heavy atom. The molecule has 0 radical (unpaired) electrons. The Balaban J connectivity index is 2.18. The summed E-state index contributed by atoms with van der Waals surface area (Å²) in [5.41, 5.74) is 0. The smallest absolute Gasteiger partial charge is 0.190 e. The molecule has 0 amide bonds. The van der Waals surface area contributed by atoms with Gasteiger partial charge in [-0.2, -0.15) is 0 Å². The number of anilines is 1. The van der Waals surface area contributed by atoms with Crippen LogP contribution in [-0.4, -0.2) is 42.0 Å². The molecule has 0 saturated carbocycles. The molecule has 1 aliphatic heterocycles. The SMILES string of the molecule is CCC1CN(c2cc(Cl)nc(SC)n2)CCO1. The fourth-order valence-electron chi connectivity index (χ4n) is 1.81. The number of hydrogen-bond donors (Lipinski definition) is 0. The van der Waals surface area contributed by atoms with Crippen molar-refractivity contribution in [2.75, 3.05) is 30.9 Å². The van der Waals surface area contributed by atoms with E-state index in [1.54, 1.807) is 0 Å². The Kier molecular flexibility index (Phi) is 4.48. The van der Waals surface area contributed by atoms with Crippen LogP contribution < -0.4 is 4.90 Å². The lowest BCUT2D eigenvalue weighted by Crippen LogP contribution is -2.42. The summed E-state index contributed by atoms with van der Waals surface area (Å²) < 4.78 is 5.64. The highest BCUT2D eigenvalue weighted by molar-refractivity contribution is 7.98. The summed E-state index contributed by atoms with van der Waals surface area (Å²) in [6.45, 7) is 4.61. The molecule has 1 fully saturated rings. The third-order valence-electron chi connectivity index (χ3n) is 2.76. The van der Waals surface area contributed by atoms with Crippen LogP contribution in [0.1, 0.15) is 13.3 Å². The van der Waals surface area contributed by atoms with Gasteiger partial charge in [-0.3, -0.25) is 0 Å². The molecule has 1 aliphatic rings. The van der Waals surface area contributed by atoms with Gasteiger partial charge in [-0.1, -0.05) is 30.3 Å². The van der Waals surface area contributed by atoms with Crippen LogP contribution >= 0.6 is 23.4 Å². The highest BCUT2D eigenvalue weighted by Gasteiger charge is 2.20. The predicted molar refractivity (Wildman–Crippen MR) is 71.1 cm³/mol. The molecule has 0 bridgehead atoms. The number of morpholine rings is 1. The molecule has 0 aliphatic carbocycles. The minimum Gasteiger partial charge on any atom is -0.375 e. The third-order valence-corrected chi connectivity index (χ3v) is 3.50. The molecule has 1 atom stereocenters. The number of aromatic nitrogens is 2. The number of rotatable bonds is 3. The first-order chi connectivity index (χ1) is 8.22. The molecular weight excluding hydrogens is 258 g/mol. The predicted octanol–water partition coefficient (Wildman–Crippen LogP) is 2.47. The Bertz CT molecular complexity index is 391. The first-order valence-electron chi connectivity index (χ1n) is 5.68. The van der Waals surface area contributed by atoms with Crippen LogP contribution in [0, 0.1) is 0 Å². The normalized spacial score (nSPS) is 20.6. The van der Waals surface area contributed by atoms with Gasteiger partial charge in [-0.05, 0) is 12.7 Å². The van der Waals surface area contributed by atoms with Gasteiger partial charge in [0.1, 0.15) is 11.0 Å². The van der Waals surface area contributed by atoms with Crippen molar-refractivity contribution in [2.24, 2.45) is 0 Å². The van der Waals surface area contributed by atoms with Gasteiger partial charge < -0.3 is 9.64 Å². The number of nitrogens with zero attached hydrogens (tertiary/aromatic N) is 3. The molecule has 94 valence electrons. The van der Waals surface area contributed by atoms with Crippen molar-refractivity contribution < 1.29 is 4.74 Å². The summed E-state index contributed by atoms with van der Waals surface area (Å²) >= 11 is 7.50. The zero-order chi connectivity index (χ0) is 12.3. The molecule has 6 heteroatoms. The van der Waals surface area contributed by atoms with Crippen LogP contribution in [0.15, 0.2) is 11.2 Å². The lowest BCUT2D eigenvalue weighted by Gasteiger charge is -2.33. The van der Waals surface area contributed by atoms with Gasteiger partial charge in [0.2, 0.25) is 0 Å². The molecule has 2 heterocycles. The zero-order valence-corrected chi connectivity index (χ0v) is 11.6. The maximum Gasteiger partial charge on any atom is 0.190 e. The van der Waals surface area contributed by atoms with Crippen molar-refractivity contribution in [1.82, 2.24) is 9.97 Å². The Labute approximate surface area is 111 Å². The molecule has 0 spiro atoms. The second-order valence-corrected chi connectivity index (χ2v) is 5.04. The molecule has 4 nitrogen and oxygen atoms in total. The van der Waals surface area contributed by atoms with Crippen molar-refractivity contribution in [1.29, 1.82) is 0 Å². The minimum absolute atomic E-state index is 0.287. The molecule has 2 rings (SSSR count). The minimum atomic E-state index is 0.287. The van der Waals surface area contributed by atoms with Gasteiger partial charge in [-0.25, -0.2) is 9.97 Å². The summed E-state index contributed by atoms with van der Waals surface area (Å²) in [6.07, 6.45) is 3.25. The topological polar surface area (TPSA) is 38.2 Å². The van der Waals surface area contributed by atoms with Crippen molar-refractivity contribution in [3.05, 3.63) is 11.2 Å². The molecule has 0 N–H and O–H groups in total. The standard InChI is InChI=1S/C11H16ClN3OS/c1-3-8-7-15(4-5-16-8)10-6-9(12)13-11(14-10)17-2/h6,8H,3-5,7H2,1-2H3. The Hall–Kier alpha value is -0.520. The number of halogens is 1. The molecule has 0 aromatic carbocycles. The summed E-state index contributed by atoms with van der Waals surface area (Å²) in [7, 11) is 0. The van der Waals surface area contributed by atoms with E-state index in [0.717, 1.165) is 31.9 Å². The average molecular weight is 274 g/mol. The maximum absolute atomic E-state index is 6.00. The van der Waals surface area contributed by atoms with E-state index >= 15 is 0 Å². The molecule has 1 aromatic heterocycles. The largest absolute Gasteiger partial charge is 0.375 e. The molecular formula is C11H16ClN3OS. The van der Waals surface area contributed by atoms with E-state index in [9.17, 15) is 0 Å². The van der Waals surface area contributed by atoms with Crippen molar-refractivity contribution in [3.63, 3.8) is 0 Å². The molecule has 1 aromatic rings. The highest BCUT2D eigenvalue weighted by Crippen LogP contribution is 2.22. The fourth-order valence-corrected chi connectivity index (χ4v) is 2.42. The Morgan fingerprint density at radius 1 is 1.59 bits per heavy atom. The van der Waals surface area contributed by atoms with E-state index < -0.39 is 0 Å². The van der Waals surface area contributed by atoms with Gasteiger partial charge in [0.15, 0.2) is 5.16 Å². The van der Waals surface area contributed by atoms with Crippen molar-refractivity contribution in [2.45, 2.75) is 24.6 Å². The van der Waals surface area contributed by atoms with Crippen LogP contribution in [0.4, 0.5) is 5.82 Å². The van der Waals surface area contributed by atoms with Gasteiger partial charge in [-0.15, -0.1) is 0 Å². The monoisotopic (exact) mass is 273 g/mol. The number of thioether (sulfide) groups is 1.